The molecule has 0 saturated carbocycles. The summed E-state index contributed by atoms with van der Waals surface area (Å²) < 4.78 is 25.6. The van der Waals surface area contributed by atoms with Gasteiger partial charge in [0.15, 0.2) is 0 Å². The van der Waals surface area contributed by atoms with Gasteiger partial charge in [0.05, 0.1) is 11.4 Å². The molecule has 3 N–H and O–H groups in total. The molecule has 0 aromatic heterocycles. The molecule has 1 atom stereocenters. The zero-order valence-electron chi connectivity index (χ0n) is 20.6. The maximum Gasteiger partial charge on any atom is 0.321 e. The number of sulfonamides is 1. The van der Waals surface area contributed by atoms with Gasteiger partial charge in [-0.05, 0) is 55.3 Å². The molecule has 9 nitrogen and oxygen atoms in total. The molecule has 0 fully saturated rings. The van der Waals surface area contributed by atoms with E-state index in [1.165, 1.54) is 30.6 Å². The van der Waals surface area contributed by atoms with E-state index in [4.69, 9.17) is 5.73 Å². The number of primary amides is 1. The van der Waals surface area contributed by atoms with Gasteiger partial charge in [0, 0.05) is 17.5 Å². The van der Waals surface area contributed by atoms with Crippen molar-refractivity contribution < 1.29 is 28.0 Å². The largest absolute Gasteiger partial charge is 0.351 e. The summed E-state index contributed by atoms with van der Waals surface area (Å²) in [4.78, 5) is 36.4. The van der Waals surface area contributed by atoms with Crippen molar-refractivity contribution in [2.75, 3.05) is 0 Å². The van der Waals surface area contributed by atoms with Crippen LogP contribution in [0.4, 0.5) is 4.79 Å². The van der Waals surface area contributed by atoms with Crippen LogP contribution in [0.25, 0.3) is 0 Å². The third-order valence-corrected chi connectivity index (χ3v) is 7.20. The molecule has 3 amide bonds. The van der Waals surface area contributed by atoms with E-state index in [-0.39, 0.29) is 15.9 Å². The number of aryl methyl sites for hydroxylation is 1. The third-order valence-electron chi connectivity index (χ3n) is 5.59. The molecule has 1 radical (unpaired) electrons. The molecule has 0 aliphatic rings. The minimum atomic E-state index is -4.51. The molecule has 3 aromatic rings. The molecular weight excluding hydrogens is 506 g/mol. The first-order chi connectivity index (χ1) is 18.1. The number of nitrogens with zero attached hydrogens (tertiary/aromatic N) is 2. The van der Waals surface area contributed by atoms with E-state index in [0.29, 0.717) is 11.1 Å². The highest BCUT2D eigenvalue weighted by Crippen LogP contribution is 2.19. The van der Waals surface area contributed by atoms with Crippen LogP contribution in [0.2, 0.25) is 0 Å². The van der Waals surface area contributed by atoms with Crippen LogP contribution >= 0.6 is 0 Å². The van der Waals surface area contributed by atoms with E-state index in [0.717, 1.165) is 16.0 Å². The van der Waals surface area contributed by atoms with Crippen molar-refractivity contribution in [3.8, 4) is 11.8 Å². The van der Waals surface area contributed by atoms with Crippen molar-refractivity contribution in [1.82, 2.24) is 9.37 Å². The van der Waals surface area contributed by atoms with Gasteiger partial charge in [-0.1, -0.05) is 64.3 Å². The molecule has 3 rings (SSSR count). The van der Waals surface area contributed by atoms with E-state index >= 15 is 0 Å². The zero-order valence-corrected chi connectivity index (χ0v) is 21.4. The quantitative estimate of drug-likeness (QED) is 0.321. The van der Waals surface area contributed by atoms with Gasteiger partial charge >= 0.3 is 6.03 Å². The number of rotatable bonds is 9. The molecule has 38 heavy (non-hydrogen) atoms. The first kappa shape index (κ1) is 28.3. The van der Waals surface area contributed by atoms with Crippen LogP contribution in [-0.4, -0.2) is 47.3 Å². The normalized spacial score (nSPS) is 11.8. The van der Waals surface area contributed by atoms with Crippen molar-refractivity contribution >= 4 is 28.2 Å². The number of hydrogen-bond donors (Lipinski definition) is 2. The highest BCUT2D eigenvalue weighted by Gasteiger charge is 2.32. The SMILES string of the molecule is Cc1ccc(C#Cc2ccc(S(=O)(=O)N(O)[C@@H]([C]=O)CCC(=O)N(Cc3ccccc3)C(N)=O)cc2)cc1. The number of hydrogen-bond acceptors (Lipinski definition) is 6. The average Bonchev–Trinajstić information content (AvgIpc) is 2.92. The molecule has 10 heteroatoms. The Labute approximate surface area is 221 Å². The maximum atomic E-state index is 12.9. The second kappa shape index (κ2) is 12.8. The first-order valence-electron chi connectivity index (χ1n) is 11.6. The summed E-state index contributed by atoms with van der Waals surface area (Å²) in [6, 6.07) is 19.0. The predicted octanol–water partition coefficient (Wildman–Crippen LogP) is 3.14. The van der Waals surface area contributed by atoms with Gasteiger partial charge in [-0.3, -0.25) is 19.7 Å². The van der Waals surface area contributed by atoms with Crippen LogP contribution in [0.15, 0.2) is 83.8 Å². The summed E-state index contributed by atoms with van der Waals surface area (Å²) in [5.41, 5.74) is 8.42. The third kappa shape index (κ3) is 7.36. The molecule has 0 saturated heterocycles. The first-order valence-corrected chi connectivity index (χ1v) is 13.0. The van der Waals surface area contributed by atoms with Crippen molar-refractivity contribution in [3.05, 3.63) is 101 Å². The van der Waals surface area contributed by atoms with Gasteiger partial charge < -0.3 is 5.73 Å². The van der Waals surface area contributed by atoms with Crippen LogP contribution in [0.3, 0.4) is 0 Å². The number of benzene rings is 3. The monoisotopic (exact) mass is 532 g/mol. The lowest BCUT2D eigenvalue weighted by molar-refractivity contribution is -0.129. The predicted molar refractivity (Wildman–Crippen MR) is 140 cm³/mol. The van der Waals surface area contributed by atoms with E-state index in [9.17, 15) is 28.0 Å². The van der Waals surface area contributed by atoms with Crippen molar-refractivity contribution in [2.45, 2.75) is 37.2 Å². The van der Waals surface area contributed by atoms with Crippen molar-refractivity contribution in [1.29, 1.82) is 0 Å². The maximum absolute atomic E-state index is 12.9. The Balaban J connectivity index is 1.67. The lowest BCUT2D eigenvalue weighted by atomic mass is 10.1. The number of carbonyl (C=O) groups is 2. The number of hydroxylamine groups is 1. The summed E-state index contributed by atoms with van der Waals surface area (Å²) in [6.45, 7) is 1.87. The minimum absolute atomic E-state index is 0.0925. The van der Waals surface area contributed by atoms with Crippen LogP contribution in [0.1, 0.15) is 35.1 Å². The Morgan fingerprint density at radius 3 is 2.00 bits per heavy atom. The number of amides is 3. The molecule has 3 aromatic carbocycles. The molecule has 0 aliphatic heterocycles. The average molecular weight is 533 g/mol. The number of imide groups is 1. The summed E-state index contributed by atoms with van der Waals surface area (Å²) in [6.07, 6.45) is 0.588. The van der Waals surface area contributed by atoms with Gasteiger partial charge in [-0.2, -0.15) is 0 Å². The smallest absolute Gasteiger partial charge is 0.321 e. The highest BCUT2D eigenvalue weighted by molar-refractivity contribution is 7.89. The topological polar surface area (TPSA) is 138 Å². The Kier molecular flexibility index (Phi) is 9.51. The summed E-state index contributed by atoms with van der Waals surface area (Å²) >= 11 is 0. The lowest BCUT2D eigenvalue weighted by Gasteiger charge is -2.22. The lowest BCUT2D eigenvalue weighted by Crippen LogP contribution is -2.42. The fraction of sp³-hybridized carbons (Fsp3) is 0.179. The summed E-state index contributed by atoms with van der Waals surface area (Å²) in [7, 11) is -4.51. The molecule has 0 unspecified atom stereocenters. The fourth-order valence-electron chi connectivity index (χ4n) is 3.43. The Morgan fingerprint density at radius 2 is 1.47 bits per heavy atom. The standard InChI is InChI=1S/C28H26N3O6S/c1-21-7-9-22(10-8-21)11-12-23-13-16-26(17-14-23)38(36,37)31(35)25(20-32)15-18-27(33)30(28(29)34)19-24-5-3-2-4-6-24/h2-10,13-14,16-17,25,35H,15,18-19H2,1H3,(H2,29,34)/t25-/m1/s1. The van der Waals surface area contributed by atoms with Gasteiger partial charge in [0.25, 0.3) is 10.0 Å². The Morgan fingerprint density at radius 1 is 0.921 bits per heavy atom. The number of carbonyl (C=O) groups excluding carboxylic acids is 3. The van der Waals surface area contributed by atoms with Gasteiger partial charge in [-0.15, -0.1) is 0 Å². The zero-order chi connectivity index (χ0) is 27.7. The Hall–Kier alpha value is -4.30. The molecule has 0 aliphatic carbocycles. The van der Waals surface area contributed by atoms with Gasteiger partial charge in [-0.25, -0.2) is 13.2 Å². The van der Waals surface area contributed by atoms with Crippen molar-refractivity contribution in [3.63, 3.8) is 0 Å². The molecule has 0 bridgehead atoms. The van der Waals surface area contributed by atoms with Gasteiger partial charge in [0.2, 0.25) is 12.2 Å². The highest BCUT2D eigenvalue weighted by atomic mass is 32.2. The number of nitrogens with two attached hydrogens (primary N) is 1. The van der Waals surface area contributed by atoms with Crippen LogP contribution < -0.4 is 5.73 Å². The van der Waals surface area contributed by atoms with Crippen LogP contribution in [0.5, 0.6) is 0 Å². The molecule has 0 heterocycles. The molecule has 195 valence electrons. The van der Waals surface area contributed by atoms with E-state index in [1.807, 2.05) is 31.2 Å². The van der Waals surface area contributed by atoms with Crippen LogP contribution in [0, 0.1) is 18.8 Å². The van der Waals surface area contributed by atoms with E-state index < -0.39 is 40.8 Å². The number of urea groups is 1. The summed E-state index contributed by atoms with van der Waals surface area (Å²) in [5.74, 6) is 5.17. The van der Waals surface area contributed by atoms with E-state index in [1.54, 1.807) is 30.3 Å². The second-order valence-corrected chi connectivity index (χ2v) is 10.2. The van der Waals surface area contributed by atoms with Crippen molar-refractivity contribution in [2.24, 2.45) is 5.73 Å². The van der Waals surface area contributed by atoms with Crippen LogP contribution in [-0.2, 0) is 26.2 Å². The second-order valence-electron chi connectivity index (χ2n) is 8.39. The summed E-state index contributed by atoms with van der Waals surface area (Å²) in [5, 5.41) is 10.4. The van der Waals surface area contributed by atoms with E-state index in [2.05, 4.69) is 11.8 Å². The fourth-order valence-corrected chi connectivity index (χ4v) is 4.61. The Bertz CT molecular complexity index is 1440. The molecular formula is C28H26N3O6S. The molecule has 0 spiro atoms. The minimum Gasteiger partial charge on any atom is -0.351 e. The van der Waals surface area contributed by atoms with Gasteiger partial charge in [0.1, 0.15) is 6.04 Å².